The van der Waals surface area contributed by atoms with E-state index < -0.39 is 0 Å². The molecule has 6 nitrogen and oxygen atoms in total. The van der Waals surface area contributed by atoms with Gasteiger partial charge in [-0.1, -0.05) is 18.9 Å². The molecule has 2 N–H and O–H groups in total. The minimum absolute atomic E-state index is 0.245. The molecule has 6 heteroatoms. The number of aromatic nitrogens is 4. The van der Waals surface area contributed by atoms with Crippen LogP contribution >= 0.6 is 0 Å². The zero-order chi connectivity index (χ0) is 11.4. The minimum Gasteiger partial charge on any atom is -0.367 e. The van der Waals surface area contributed by atoms with Gasteiger partial charge in [0.1, 0.15) is 0 Å². The quantitative estimate of drug-likeness (QED) is 0.765. The Kier molecular flexibility index (Phi) is 4.02. The largest absolute Gasteiger partial charge is 0.367 e. The summed E-state index contributed by atoms with van der Waals surface area (Å²) in [5.74, 6) is 0.987. The lowest BCUT2D eigenvalue weighted by Gasteiger charge is -2.22. The maximum atomic E-state index is 5.70. The summed E-state index contributed by atoms with van der Waals surface area (Å²) in [4.78, 5) is 2.12. The molecule has 0 bridgehead atoms. The third-order valence-electron chi connectivity index (χ3n) is 2.18. The molecule has 0 saturated heterocycles. The van der Waals surface area contributed by atoms with E-state index in [2.05, 4.69) is 34.3 Å². The molecule has 0 amide bonds. The normalized spacial score (nSPS) is 13.7. The van der Waals surface area contributed by atoms with Crippen LogP contribution in [0.4, 0.5) is 5.95 Å². The average molecular weight is 212 g/mol. The molecule has 1 aromatic rings. The standard InChI is InChI=1S/C9H20N6/c1-7(2)5-8(6-14(3)4)15-9(10)11-12-13-15/h7-8H,5-6H2,1-4H3,(H2,10,11,13). The van der Waals surface area contributed by atoms with Crippen molar-refractivity contribution in [3.8, 4) is 0 Å². The maximum absolute atomic E-state index is 5.70. The van der Waals surface area contributed by atoms with E-state index in [4.69, 9.17) is 5.73 Å². The topological polar surface area (TPSA) is 72.9 Å². The predicted molar refractivity (Wildman–Crippen MR) is 59.3 cm³/mol. The van der Waals surface area contributed by atoms with Gasteiger partial charge in [0, 0.05) is 6.54 Å². The summed E-state index contributed by atoms with van der Waals surface area (Å²) in [5, 5.41) is 11.2. The summed E-state index contributed by atoms with van der Waals surface area (Å²) in [6, 6.07) is 0.245. The first-order chi connectivity index (χ1) is 7.00. The predicted octanol–water partition coefficient (Wildman–Crippen LogP) is 0.404. The van der Waals surface area contributed by atoms with Crippen LogP contribution in [0.2, 0.25) is 0 Å². The van der Waals surface area contributed by atoms with E-state index in [1.807, 2.05) is 14.1 Å². The Bertz CT molecular complexity index is 283. The number of nitrogen functional groups attached to an aromatic ring is 1. The molecule has 0 spiro atoms. The number of nitrogens with zero attached hydrogens (tertiary/aromatic N) is 5. The summed E-state index contributed by atoms with van der Waals surface area (Å²) in [7, 11) is 4.07. The van der Waals surface area contributed by atoms with Crippen LogP contribution in [0.25, 0.3) is 0 Å². The van der Waals surface area contributed by atoms with E-state index in [-0.39, 0.29) is 6.04 Å². The Morgan fingerprint density at radius 3 is 2.47 bits per heavy atom. The van der Waals surface area contributed by atoms with Crippen molar-refractivity contribution >= 4 is 5.95 Å². The fourth-order valence-electron chi connectivity index (χ4n) is 1.68. The molecular formula is C9H20N6. The second kappa shape index (κ2) is 5.06. The van der Waals surface area contributed by atoms with Crippen molar-refractivity contribution in [3.05, 3.63) is 0 Å². The highest BCUT2D eigenvalue weighted by Crippen LogP contribution is 2.18. The van der Waals surface area contributed by atoms with E-state index in [1.165, 1.54) is 0 Å². The van der Waals surface area contributed by atoms with Gasteiger partial charge >= 0.3 is 0 Å². The highest BCUT2D eigenvalue weighted by atomic mass is 15.6. The average Bonchev–Trinajstić information content (AvgIpc) is 2.48. The first-order valence-corrected chi connectivity index (χ1v) is 5.18. The van der Waals surface area contributed by atoms with Gasteiger partial charge in [-0.3, -0.25) is 0 Å². The molecule has 0 fully saturated rings. The number of hydrogen-bond acceptors (Lipinski definition) is 5. The third kappa shape index (κ3) is 3.47. The number of likely N-dealkylation sites (N-methyl/N-ethyl adjacent to an activating group) is 1. The smallest absolute Gasteiger partial charge is 0.240 e. The van der Waals surface area contributed by atoms with Crippen LogP contribution in [-0.4, -0.2) is 45.7 Å². The van der Waals surface area contributed by atoms with E-state index >= 15 is 0 Å². The van der Waals surface area contributed by atoms with Gasteiger partial charge in [0.2, 0.25) is 5.95 Å². The van der Waals surface area contributed by atoms with Gasteiger partial charge in [0.15, 0.2) is 0 Å². The number of hydrogen-bond donors (Lipinski definition) is 1. The zero-order valence-corrected chi connectivity index (χ0v) is 9.88. The van der Waals surface area contributed by atoms with Gasteiger partial charge in [0.25, 0.3) is 0 Å². The number of nitrogens with two attached hydrogens (primary N) is 1. The molecule has 0 aliphatic carbocycles. The van der Waals surface area contributed by atoms with Crippen LogP contribution in [0, 0.1) is 5.92 Å². The molecular weight excluding hydrogens is 192 g/mol. The van der Waals surface area contributed by atoms with Crippen molar-refractivity contribution in [2.24, 2.45) is 5.92 Å². The van der Waals surface area contributed by atoms with E-state index in [1.54, 1.807) is 4.68 Å². The van der Waals surface area contributed by atoms with E-state index in [0.717, 1.165) is 13.0 Å². The van der Waals surface area contributed by atoms with Gasteiger partial charge in [-0.25, -0.2) is 4.68 Å². The molecule has 0 aromatic carbocycles. The van der Waals surface area contributed by atoms with Crippen molar-refractivity contribution in [3.63, 3.8) is 0 Å². The lowest BCUT2D eigenvalue weighted by molar-refractivity contribution is 0.273. The van der Waals surface area contributed by atoms with Crippen molar-refractivity contribution < 1.29 is 0 Å². The lowest BCUT2D eigenvalue weighted by Crippen LogP contribution is -2.27. The lowest BCUT2D eigenvalue weighted by atomic mass is 10.0. The van der Waals surface area contributed by atoms with Gasteiger partial charge < -0.3 is 10.6 Å². The van der Waals surface area contributed by atoms with Crippen LogP contribution in [0.3, 0.4) is 0 Å². The molecule has 86 valence electrons. The monoisotopic (exact) mass is 212 g/mol. The summed E-state index contributed by atoms with van der Waals surface area (Å²) < 4.78 is 1.71. The van der Waals surface area contributed by atoms with Crippen molar-refractivity contribution in [2.45, 2.75) is 26.3 Å². The highest BCUT2D eigenvalue weighted by molar-refractivity contribution is 5.11. The Hall–Kier alpha value is -1.17. The minimum atomic E-state index is 0.245. The maximum Gasteiger partial charge on any atom is 0.240 e. The van der Waals surface area contributed by atoms with Crippen LogP contribution in [0.15, 0.2) is 0 Å². The van der Waals surface area contributed by atoms with Crippen molar-refractivity contribution in [1.82, 2.24) is 25.1 Å². The summed E-state index contributed by atoms with van der Waals surface area (Å²) in [6.07, 6.45) is 1.02. The Morgan fingerprint density at radius 2 is 2.07 bits per heavy atom. The fraction of sp³-hybridized carbons (Fsp3) is 0.889. The number of rotatable bonds is 5. The second-order valence-corrected chi connectivity index (χ2v) is 4.53. The molecule has 1 heterocycles. The molecule has 15 heavy (non-hydrogen) atoms. The van der Waals surface area contributed by atoms with Crippen LogP contribution < -0.4 is 5.73 Å². The van der Waals surface area contributed by atoms with Crippen LogP contribution in [-0.2, 0) is 0 Å². The molecule has 1 aromatic heterocycles. The molecule has 0 saturated carbocycles. The summed E-state index contributed by atoms with van der Waals surface area (Å²) in [6.45, 7) is 5.26. The molecule has 1 rings (SSSR count). The highest BCUT2D eigenvalue weighted by Gasteiger charge is 2.17. The molecule has 0 aliphatic rings. The fourth-order valence-corrected chi connectivity index (χ4v) is 1.68. The summed E-state index contributed by atoms with van der Waals surface area (Å²) in [5.41, 5.74) is 5.70. The Morgan fingerprint density at radius 1 is 1.40 bits per heavy atom. The number of tetrazole rings is 1. The molecule has 0 radical (unpaired) electrons. The number of anilines is 1. The van der Waals surface area contributed by atoms with E-state index in [9.17, 15) is 0 Å². The SMILES string of the molecule is CC(C)CC(CN(C)C)n1nnnc1N. The first-order valence-electron chi connectivity index (χ1n) is 5.18. The van der Waals surface area contributed by atoms with Crippen LogP contribution in [0.1, 0.15) is 26.3 Å². The molecule has 1 unspecified atom stereocenters. The molecule has 1 atom stereocenters. The van der Waals surface area contributed by atoms with Gasteiger partial charge in [-0.05, 0) is 36.9 Å². The zero-order valence-electron chi connectivity index (χ0n) is 9.88. The van der Waals surface area contributed by atoms with Gasteiger partial charge in [0.05, 0.1) is 6.04 Å². The Labute approximate surface area is 90.4 Å². The summed E-state index contributed by atoms with van der Waals surface area (Å²) >= 11 is 0. The second-order valence-electron chi connectivity index (χ2n) is 4.53. The van der Waals surface area contributed by atoms with Gasteiger partial charge in [-0.2, -0.15) is 0 Å². The van der Waals surface area contributed by atoms with E-state index in [0.29, 0.717) is 11.9 Å². The van der Waals surface area contributed by atoms with Crippen molar-refractivity contribution in [1.29, 1.82) is 0 Å². The molecule has 0 aliphatic heterocycles. The third-order valence-corrected chi connectivity index (χ3v) is 2.18. The Balaban J connectivity index is 2.76. The first kappa shape index (κ1) is 11.9. The van der Waals surface area contributed by atoms with Crippen molar-refractivity contribution in [2.75, 3.05) is 26.4 Å². The van der Waals surface area contributed by atoms with Gasteiger partial charge in [-0.15, -0.1) is 0 Å². The van der Waals surface area contributed by atoms with Crippen LogP contribution in [0.5, 0.6) is 0 Å².